The summed E-state index contributed by atoms with van der Waals surface area (Å²) in [6.07, 6.45) is 4.10. The molecule has 1 heterocycles. The van der Waals surface area contributed by atoms with Gasteiger partial charge in [0.05, 0.1) is 0 Å². The van der Waals surface area contributed by atoms with E-state index < -0.39 is 0 Å². The molecule has 3 nitrogen and oxygen atoms in total. The maximum atomic E-state index is 5.84. The number of nitrogens with one attached hydrogen (secondary N) is 1. The number of aromatic nitrogens is 1. The lowest BCUT2D eigenvalue weighted by atomic mass is 9.82. The monoisotopic (exact) mass is 227 g/mol. The molecule has 0 aliphatic carbocycles. The fraction of sp³-hybridized carbons (Fsp3) is 0.727. The summed E-state index contributed by atoms with van der Waals surface area (Å²) < 4.78 is 0. The van der Waals surface area contributed by atoms with E-state index in [1.165, 1.54) is 0 Å². The van der Waals surface area contributed by atoms with Crippen LogP contribution >= 0.6 is 11.3 Å². The third kappa shape index (κ3) is 3.55. The molecule has 0 aromatic carbocycles. The maximum Gasteiger partial charge on any atom is 0.106 e. The summed E-state index contributed by atoms with van der Waals surface area (Å²) in [5.74, 6) is 0. The highest BCUT2D eigenvalue weighted by Gasteiger charge is 2.23. The smallest absolute Gasteiger partial charge is 0.106 e. The summed E-state index contributed by atoms with van der Waals surface area (Å²) >= 11 is 1.69. The quantitative estimate of drug-likeness (QED) is 0.749. The van der Waals surface area contributed by atoms with Crippen LogP contribution in [-0.4, -0.2) is 18.1 Å². The van der Waals surface area contributed by atoms with Crippen molar-refractivity contribution in [2.45, 2.75) is 33.2 Å². The predicted molar refractivity (Wildman–Crippen MR) is 65.9 cm³/mol. The van der Waals surface area contributed by atoms with Gasteiger partial charge in [-0.2, -0.15) is 0 Å². The maximum absolute atomic E-state index is 5.84. The zero-order valence-electron chi connectivity index (χ0n) is 9.62. The minimum atomic E-state index is 0.261. The van der Waals surface area contributed by atoms with E-state index in [9.17, 15) is 0 Å². The molecule has 0 aliphatic rings. The van der Waals surface area contributed by atoms with Crippen LogP contribution in [0.15, 0.2) is 11.6 Å². The van der Waals surface area contributed by atoms with Crippen molar-refractivity contribution >= 4 is 11.3 Å². The Bertz CT molecular complexity index is 247. The molecule has 1 aromatic heterocycles. The summed E-state index contributed by atoms with van der Waals surface area (Å²) in [5, 5.41) is 6.60. The van der Waals surface area contributed by atoms with Crippen LogP contribution in [0.4, 0.5) is 0 Å². The second-order valence-electron chi connectivity index (χ2n) is 3.94. The van der Waals surface area contributed by atoms with Crippen LogP contribution in [0.25, 0.3) is 0 Å². The third-order valence-electron chi connectivity index (χ3n) is 3.19. The highest BCUT2D eigenvalue weighted by atomic mass is 32.1. The topological polar surface area (TPSA) is 50.9 Å². The van der Waals surface area contributed by atoms with Gasteiger partial charge in [0.1, 0.15) is 5.01 Å². The van der Waals surface area contributed by atoms with Gasteiger partial charge in [0.15, 0.2) is 0 Å². The molecule has 4 heteroatoms. The fourth-order valence-electron chi connectivity index (χ4n) is 1.64. The molecule has 0 fully saturated rings. The number of thiazole rings is 1. The number of hydrogen-bond donors (Lipinski definition) is 2. The number of nitrogens with zero attached hydrogens (tertiary/aromatic N) is 1. The molecular formula is C11H21N3S. The average Bonchev–Trinajstić information content (AvgIpc) is 2.78. The van der Waals surface area contributed by atoms with E-state index in [-0.39, 0.29) is 5.41 Å². The zero-order chi connectivity index (χ0) is 11.1. The lowest BCUT2D eigenvalue weighted by molar-refractivity contribution is 0.258. The molecule has 0 unspecified atom stereocenters. The van der Waals surface area contributed by atoms with Crippen molar-refractivity contribution in [3.05, 3.63) is 16.6 Å². The lowest BCUT2D eigenvalue weighted by Gasteiger charge is -2.30. The van der Waals surface area contributed by atoms with Crippen LogP contribution in [-0.2, 0) is 6.54 Å². The molecule has 0 aliphatic heterocycles. The normalized spacial score (nSPS) is 11.9. The minimum absolute atomic E-state index is 0.261. The van der Waals surface area contributed by atoms with Gasteiger partial charge in [-0.05, 0) is 24.8 Å². The van der Waals surface area contributed by atoms with E-state index in [2.05, 4.69) is 24.1 Å². The van der Waals surface area contributed by atoms with Gasteiger partial charge in [-0.1, -0.05) is 13.8 Å². The Balaban J connectivity index is 2.34. The van der Waals surface area contributed by atoms with E-state index >= 15 is 0 Å². The first-order chi connectivity index (χ1) is 7.26. The van der Waals surface area contributed by atoms with Crippen molar-refractivity contribution < 1.29 is 0 Å². The van der Waals surface area contributed by atoms with Gasteiger partial charge in [0, 0.05) is 24.7 Å². The molecule has 86 valence electrons. The van der Waals surface area contributed by atoms with Crippen molar-refractivity contribution in [2.24, 2.45) is 11.1 Å². The summed E-state index contributed by atoms with van der Waals surface area (Å²) in [7, 11) is 0. The molecule has 0 atom stereocenters. The molecule has 1 aromatic rings. The lowest BCUT2D eigenvalue weighted by Crippen LogP contribution is -2.39. The number of nitrogens with two attached hydrogens (primary N) is 1. The van der Waals surface area contributed by atoms with E-state index in [1.54, 1.807) is 11.3 Å². The Labute approximate surface area is 96.1 Å². The van der Waals surface area contributed by atoms with Gasteiger partial charge in [0.25, 0.3) is 0 Å². The molecule has 3 N–H and O–H groups in total. The second kappa shape index (κ2) is 6.20. The van der Waals surface area contributed by atoms with E-state index in [0.29, 0.717) is 0 Å². The molecule has 0 radical (unpaired) electrons. The van der Waals surface area contributed by atoms with Crippen LogP contribution in [0.3, 0.4) is 0 Å². The number of rotatable bonds is 7. The van der Waals surface area contributed by atoms with E-state index in [0.717, 1.165) is 37.5 Å². The van der Waals surface area contributed by atoms with Crippen molar-refractivity contribution in [3.63, 3.8) is 0 Å². The molecule has 0 saturated carbocycles. The van der Waals surface area contributed by atoms with Crippen molar-refractivity contribution in [1.82, 2.24) is 10.3 Å². The van der Waals surface area contributed by atoms with Crippen LogP contribution in [0.1, 0.15) is 31.7 Å². The first kappa shape index (κ1) is 12.6. The fourth-order valence-corrected chi connectivity index (χ4v) is 2.22. The molecule has 15 heavy (non-hydrogen) atoms. The SMILES string of the molecule is CCC(CC)(CN)CNCc1nccs1. The van der Waals surface area contributed by atoms with Gasteiger partial charge in [-0.15, -0.1) is 11.3 Å². The van der Waals surface area contributed by atoms with Gasteiger partial charge in [-0.3, -0.25) is 0 Å². The zero-order valence-corrected chi connectivity index (χ0v) is 10.4. The van der Waals surface area contributed by atoms with E-state index in [4.69, 9.17) is 5.73 Å². The first-order valence-electron chi connectivity index (χ1n) is 5.55. The van der Waals surface area contributed by atoms with Crippen LogP contribution in [0.5, 0.6) is 0 Å². The Morgan fingerprint density at radius 3 is 2.67 bits per heavy atom. The predicted octanol–water partition coefficient (Wildman–Crippen LogP) is 2.00. The summed E-state index contributed by atoms with van der Waals surface area (Å²) in [5.41, 5.74) is 6.10. The largest absolute Gasteiger partial charge is 0.330 e. The second-order valence-corrected chi connectivity index (χ2v) is 4.92. The Kier molecular flexibility index (Phi) is 5.22. The molecule has 0 bridgehead atoms. The van der Waals surface area contributed by atoms with Crippen molar-refractivity contribution in [1.29, 1.82) is 0 Å². The summed E-state index contributed by atoms with van der Waals surface area (Å²) in [4.78, 5) is 4.24. The van der Waals surface area contributed by atoms with Crippen LogP contribution in [0.2, 0.25) is 0 Å². The van der Waals surface area contributed by atoms with Gasteiger partial charge in [0.2, 0.25) is 0 Å². The number of hydrogen-bond acceptors (Lipinski definition) is 4. The molecule has 1 rings (SSSR count). The Hall–Kier alpha value is -0.450. The van der Waals surface area contributed by atoms with Crippen molar-refractivity contribution in [2.75, 3.05) is 13.1 Å². The average molecular weight is 227 g/mol. The van der Waals surface area contributed by atoms with Crippen LogP contribution in [0, 0.1) is 5.41 Å². The summed E-state index contributed by atoms with van der Waals surface area (Å²) in [6, 6.07) is 0. The van der Waals surface area contributed by atoms with Gasteiger partial charge >= 0.3 is 0 Å². The minimum Gasteiger partial charge on any atom is -0.330 e. The molecule has 0 spiro atoms. The van der Waals surface area contributed by atoms with Crippen LogP contribution < -0.4 is 11.1 Å². The van der Waals surface area contributed by atoms with Gasteiger partial charge in [-0.25, -0.2) is 4.98 Å². The Morgan fingerprint density at radius 1 is 1.47 bits per heavy atom. The molecule has 0 amide bonds. The molecular weight excluding hydrogens is 206 g/mol. The highest BCUT2D eigenvalue weighted by molar-refractivity contribution is 7.09. The van der Waals surface area contributed by atoms with Gasteiger partial charge < -0.3 is 11.1 Å². The van der Waals surface area contributed by atoms with E-state index in [1.807, 2.05) is 11.6 Å². The molecule has 0 saturated heterocycles. The highest BCUT2D eigenvalue weighted by Crippen LogP contribution is 2.23. The van der Waals surface area contributed by atoms with Crippen molar-refractivity contribution in [3.8, 4) is 0 Å². The first-order valence-corrected chi connectivity index (χ1v) is 6.43. The third-order valence-corrected chi connectivity index (χ3v) is 3.97. The summed E-state index contributed by atoms with van der Waals surface area (Å²) in [6.45, 7) is 7.02. The Morgan fingerprint density at radius 2 is 2.20 bits per heavy atom. The standard InChI is InChI=1S/C11H21N3S/c1-3-11(4-2,8-12)9-13-7-10-14-5-6-15-10/h5-6,13H,3-4,7-9,12H2,1-2H3.